The number of nitrogens with one attached hydrogen (secondary N) is 1. The second kappa shape index (κ2) is 10.5. The first-order valence-corrected chi connectivity index (χ1v) is 11.0. The van der Waals surface area contributed by atoms with E-state index in [0.717, 1.165) is 11.4 Å². The molecule has 9 nitrogen and oxygen atoms in total. The molecule has 0 aliphatic rings. The van der Waals surface area contributed by atoms with Gasteiger partial charge in [-0.3, -0.25) is 9.59 Å². The first-order chi connectivity index (χ1) is 16.9. The van der Waals surface area contributed by atoms with Gasteiger partial charge in [0.1, 0.15) is 11.2 Å². The van der Waals surface area contributed by atoms with Crippen molar-refractivity contribution in [3.63, 3.8) is 0 Å². The second-order valence-corrected chi connectivity index (χ2v) is 7.69. The maximum atomic E-state index is 12.8. The molecule has 0 fully saturated rings. The summed E-state index contributed by atoms with van der Waals surface area (Å²) in [5, 5.41) is 11.2. The first-order valence-electron chi connectivity index (χ1n) is 11.0. The largest absolute Gasteiger partial charge is 0.452 e. The molecule has 2 aromatic heterocycles. The molecule has 35 heavy (non-hydrogen) atoms. The van der Waals surface area contributed by atoms with Crippen molar-refractivity contribution in [3.05, 3.63) is 94.4 Å². The third kappa shape index (κ3) is 5.64. The number of anilines is 1. The Bertz CT molecular complexity index is 1460. The normalized spacial score (nSPS) is 11.0. The lowest BCUT2D eigenvalue weighted by molar-refractivity contribution is -0.119. The van der Waals surface area contributed by atoms with Gasteiger partial charge in [-0.1, -0.05) is 18.2 Å². The Morgan fingerprint density at radius 2 is 1.66 bits per heavy atom. The summed E-state index contributed by atoms with van der Waals surface area (Å²) in [6, 6.07) is 19.4. The molecule has 0 bridgehead atoms. The number of nitrogens with zero attached hydrogens (tertiary/aromatic N) is 4. The Morgan fingerprint density at radius 1 is 0.971 bits per heavy atom. The van der Waals surface area contributed by atoms with Crippen LogP contribution < -0.4 is 10.7 Å². The number of hydrogen-bond acceptors (Lipinski definition) is 7. The summed E-state index contributed by atoms with van der Waals surface area (Å²) in [6.45, 7) is 3.68. The number of aryl methyl sites for hydroxylation is 2. The van der Waals surface area contributed by atoms with Crippen LogP contribution in [0.1, 0.15) is 23.0 Å². The number of hydrogen-bond donors (Lipinski definition) is 1. The van der Waals surface area contributed by atoms with Crippen molar-refractivity contribution in [2.75, 3.05) is 11.9 Å². The van der Waals surface area contributed by atoms with Gasteiger partial charge in [-0.25, -0.2) is 9.78 Å². The van der Waals surface area contributed by atoms with E-state index in [4.69, 9.17) is 4.74 Å². The molecule has 9 heteroatoms. The van der Waals surface area contributed by atoms with Crippen LogP contribution in [0.25, 0.3) is 11.0 Å². The fourth-order valence-corrected chi connectivity index (χ4v) is 3.37. The standard InChI is InChI=1S/C26H23N5O4/c1-3-31-15-22(24(33)21-14-9-17(2)27-25(21)31)26(34)35-16-23(32)28-18-10-12-20(13-11-18)30-29-19-7-5-4-6-8-19/h4-15H,3,16H2,1-2H3,(H,28,32). The molecule has 0 saturated heterocycles. The molecule has 176 valence electrons. The molecule has 0 aliphatic carbocycles. The molecule has 2 heterocycles. The second-order valence-electron chi connectivity index (χ2n) is 7.69. The van der Waals surface area contributed by atoms with E-state index in [-0.39, 0.29) is 5.56 Å². The molecule has 2 aromatic carbocycles. The molecule has 0 aliphatic heterocycles. The van der Waals surface area contributed by atoms with Gasteiger partial charge < -0.3 is 14.6 Å². The molecule has 4 aromatic rings. The molecule has 0 spiro atoms. The smallest absolute Gasteiger partial charge is 0.344 e. The van der Waals surface area contributed by atoms with E-state index in [9.17, 15) is 14.4 Å². The van der Waals surface area contributed by atoms with Crippen molar-refractivity contribution in [3.8, 4) is 0 Å². The average molecular weight is 470 g/mol. The van der Waals surface area contributed by atoms with Gasteiger partial charge in [0.25, 0.3) is 5.91 Å². The number of ether oxygens (including phenoxy) is 1. The Kier molecular flexibility index (Phi) is 7.06. The highest BCUT2D eigenvalue weighted by atomic mass is 16.5. The highest BCUT2D eigenvalue weighted by Gasteiger charge is 2.18. The zero-order valence-electron chi connectivity index (χ0n) is 19.3. The number of benzene rings is 2. The summed E-state index contributed by atoms with van der Waals surface area (Å²) in [5.41, 5.74) is 2.48. The summed E-state index contributed by atoms with van der Waals surface area (Å²) >= 11 is 0. The van der Waals surface area contributed by atoms with Crippen molar-refractivity contribution < 1.29 is 14.3 Å². The van der Waals surface area contributed by atoms with Gasteiger partial charge in [-0.2, -0.15) is 10.2 Å². The number of azo groups is 1. The number of amides is 1. The maximum Gasteiger partial charge on any atom is 0.344 e. The van der Waals surface area contributed by atoms with Gasteiger partial charge in [0.15, 0.2) is 6.61 Å². The van der Waals surface area contributed by atoms with E-state index in [0.29, 0.717) is 29.0 Å². The van der Waals surface area contributed by atoms with Crippen LogP contribution in [0.4, 0.5) is 17.1 Å². The monoisotopic (exact) mass is 469 g/mol. The fraction of sp³-hybridized carbons (Fsp3) is 0.154. The lowest BCUT2D eigenvalue weighted by Gasteiger charge is -2.11. The minimum Gasteiger partial charge on any atom is -0.452 e. The average Bonchev–Trinajstić information content (AvgIpc) is 2.87. The number of carbonyl (C=O) groups is 2. The minimum absolute atomic E-state index is 0.147. The molecule has 1 amide bonds. The Hall–Kier alpha value is -4.66. The first kappa shape index (κ1) is 23.5. The lowest BCUT2D eigenvalue weighted by Crippen LogP contribution is -2.25. The number of aromatic nitrogens is 2. The molecule has 1 N–H and O–H groups in total. The van der Waals surface area contributed by atoms with Gasteiger partial charge in [0.2, 0.25) is 5.43 Å². The lowest BCUT2D eigenvalue weighted by atomic mass is 10.2. The van der Waals surface area contributed by atoms with Crippen molar-refractivity contribution in [2.45, 2.75) is 20.4 Å². The third-order valence-corrected chi connectivity index (χ3v) is 5.14. The van der Waals surface area contributed by atoms with Gasteiger partial charge in [0, 0.05) is 24.1 Å². The fourth-order valence-electron chi connectivity index (χ4n) is 3.37. The number of esters is 1. The van der Waals surface area contributed by atoms with Crippen LogP contribution in [-0.4, -0.2) is 28.0 Å². The number of carbonyl (C=O) groups excluding carboxylic acids is 2. The molecule has 0 unspecified atom stereocenters. The number of rotatable bonds is 7. The van der Waals surface area contributed by atoms with E-state index < -0.39 is 23.9 Å². The zero-order chi connectivity index (χ0) is 24.8. The Labute approximate surface area is 201 Å². The van der Waals surface area contributed by atoms with Crippen molar-refractivity contribution in [1.82, 2.24) is 9.55 Å². The minimum atomic E-state index is -0.869. The molecule has 0 saturated carbocycles. The SMILES string of the molecule is CCn1cc(C(=O)OCC(=O)Nc2ccc(N=Nc3ccccc3)cc2)c(=O)c2ccc(C)nc21. The Balaban J connectivity index is 1.38. The van der Waals surface area contributed by atoms with Crippen molar-refractivity contribution >= 4 is 40.0 Å². The predicted molar refractivity (Wildman–Crippen MR) is 132 cm³/mol. The van der Waals surface area contributed by atoms with Crippen LogP contribution in [0.3, 0.4) is 0 Å². The highest BCUT2D eigenvalue weighted by Crippen LogP contribution is 2.20. The van der Waals surface area contributed by atoms with E-state index in [2.05, 4.69) is 20.5 Å². The van der Waals surface area contributed by atoms with E-state index in [1.807, 2.05) is 44.2 Å². The van der Waals surface area contributed by atoms with Crippen molar-refractivity contribution in [2.24, 2.45) is 10.2 Å². The van der Waals surface area contributed by atoms with E-state index in [1.54, 1.807) is 41.0 Å². The topological polar surface area (TPSA) is 115 Å². The molecule has 0 radical (unpaired) electrons. The Morgan fingerprint density at radius 3 is 2.34 bits per heavy atom. The van der Waals surface area contributed by atoms with E-state index in [1.165, 1.54) is 6.20 Å². The predicted octanol–water partition coefficient (Wildman–Crippen LogP) is 4.94. The van der Waals surface area contributed by atoms with Crippen LogP contribution in [0, 0.1) is 6.92 Å². The molecule has 0 atom stereocenters. The third-order valence-electron chi connectivity index (χ3n) is 5.14. The van der Waals surface area contributed by atoms with Gasteiger partial charge in [0.05, 0.1) is 16.8 Å². The van der Waals surface area contributed by atoms with Crippen LogP contribution in [0.2, 0.25) is 0 Å². The van der Waals surface area contributed by atoms with Gasteiger partial charge in [-0.15, -0.1) is 0 Å². The van der Waals surface area contributed by atoms with Crippen LogP contribution in [-0.2, 0) is 16.1 Å². The van der Waals surface area contributed by atoms with Crippen LogP contribution in [0.15, 0.2) is 87.9 Å². The van der Waals surface area contributed by atoms with Crippen LogP contribution in [0.5, 0.6) is 0 Å². The quantitative estimate of drug-likeness (QED) is 0.304. The summed E-state index contributed by atoms with van der Waals surface area (Å²) in [7, 11) is 0. The van der Waals surface area contributed by atoms with Crippen LogP contribution >= 0.6 is 0 Å². The van der Waals surface area contributed by atoms with E-state index >= 15 is 0 Å². The van der Waals surface area contributed by atoms with Gasteiger partial charge in [-0.05, 0) is 62.4 Å². The maximum absolute atomic E-state index is 12.8. The number of fused-ring (bicyclic) bond motifs is 1. The zero-order valence-corrected chi connectivity index (χ0v) is 19.3. The summed E-state index contributed by atoms with van der Waals surface area (Å²) in [4.78, 5) is 42.0. The molecule has 4 rings (SSSR count). The molecular weight excluding hydrogens is 446 g/mol. The summed E-state index contributed by atoms with van der Waals surface area (Å²) in [6.07, 6.45) is 1.42. The summed E-state index contributed by atoms with van der Waals surface area (Å²) in [5.74, 6) is -1.41. The summed E-state index contributed by atoms with van der Waals surface area (Å²) < 4.78 is 6.81. The molecular formula is C26H23N5O4. The highest BCUT2D eigenvalue weighted by molar-refractivity contribution is 5.96. The van der Waals surface area contributed by atoms with Crippen molar-refractivity contribution in [1.29, 1.82) is 0 Å². The number of pyridine rings is 2. The van der Waals surface area contributed by atoms with Gasteiger partial charge >= 0.3 is 5.97 Å².